The summed E-state index contributed by atoms with van der Waals surface area (Å²) >= 11 is 6.81. The molecule has 1 fully saturated rings. The molecule has 0 bridgehead atoms. The molecule has 1 saturated heterocycles. The maximum Gasteiger partial charge on any atom is 0.192 e. The van der Waals surface area contributed by atoms with Gasteiger partial charge in [0.2, 0.25) is 0 Å². The molecule has 5 aromatic rings. The minimum absolute atomic E-state index is 0.285. The second-order valence-electron chi connectivity index (χ2n) is 11.0. The van der Waals surface area contributed by atoms with Crippen LogP contribution in [0, 0.1) is 25.2 Å². The highest BCUT2D eigenvalue weighted by atomic mass is 35.5. The first kappa shape index (κ1) is 28.7. The first-order valence-corrected chi connectivity index (χ1v) is 14.9. The number of halogens is 1. The molecule has 3 heterocycles. The summed E-state index contributed by atoms with van der Waals surface area (Å²) in [5, 5.41) is 9.81. The van der Waals surface area contributed by atoms with Crippen LogP contribution in [0.4, 0.5) is 0 Å². The molecule has 0 saturated carbocycles. The average molecular weight is 593 g/mol. The molecular formula is C35H33ClN4O3. The second kappa shape index (κ2) is 12.9. The van der Waals surface area contributed by atoms with E-state index in [0.717, 1.165) is 64.1 Å². The van der Waals surface area contributed by atoms with E-state index >= 15 is 0 Å². The number of rotatable bonds is 9. The van der Waals surface area contributed by atoms with Crippen LogP contribution in [0.3, 0.4) is 0 Å². The summed E-state index contributed by atoms with van der Waals surface area (Å²) in [5.41, 5.74) is 8.34. The Bertz CT molecular complexity index is 1800. The Morgan fingerprint density at radius 2 is 1.77 bits per heavy atom. The van der Waals surface area contributed by atoms with Crippen molar-refractivity contribution in [1.29, 1.82) is 5.26 Å². The first-order chi connectivity index (χ1) is 21.0. The summed E-state index contributed by atoms with van der Waals surface area (Å²) in [5.74, 6) is 1.93. The highest BCUT2D eigenvalue weighted by Crippen LogP contribution is 2.36. The molecule has 1 aliphatic heterocycles. The smallest absolute Gasteiger partial charge is 0.192 e. The summed E-state index contributed by atoms with van der Waals surface area (Å²) in [7, 11) is 0. The highest BCUT2D eigenvalue weighted by Gasteiger charge is 2.18. The number of aromatic nitrogens is 2. The average Bonchev–Trinajstić information content (AvgIpc) is 3.40. The predicted octanol–water partition coefficient (Wildman–Crippen LogP) is 8.18. The topological polar surface area (TPSA) is 84.4 Å². The summed E-state index contributed by atoms with van der Waals surface area (Å²) in [6.07, 6.45) is 6.93. The van der Waals surface area contributed by atoms with Crippen LogP contribution in [-0.4, -0.2) is 28.0 Å². The minimum atomic E-state index is 0.285. The Kier molecular flexibility index (Phi) is 8.59. The van der Waals surface area contributed by atoms with Crippen molar-refractivity contribution in [2.45, 2.75) is 52.9 Å². The first-order valence-electron chi connectivity index (χ1n) is 14.6. The summed E-state index contributed by atoms with van der Waals surface area (Å²) in [6, 6.07) is 20.1. The molecule has 1 aliphatic rings. The molecule has 43 heavy (non-hydrogen) atoms. The van der Waals surface area contributed by atoms with Crippen molar-refractivity contribution in [3.8, 4) is 28.7 Å². The maximum absolute atomic E-state index is 9.26. The summed E-state index contributed by atoms with van der Waals surface area (Å²) < 4.78 is 18.3. The van der Waals surface area contributed by atoms with E-state index in [4.69, 9.17) is 25.5 Å². The molecule has 218 valence electrons. The van der Waals surface area contributed by atoms with Crippen LogP contribution >= 0.6 is 11.6 Å². The Labute approximate surface area is 256 Å². The molecule has 2 aromatic heterocycles. The van der Waals surface area contributed by atoms with Gasteiger partial charge in [-0.15, -0.1) is 0 Å². The number of likely N-dealkylation sites (tertiary alicyclic amines) is 1. The second-order valence-corrected chi connectivity index (χ2v) is 11.4. The number of nitriles is 1. The van der Waals surface area contributed by atoms with Gasteiger partial charge in [0.15, 0.2) is 11.5 Å². The van der Waals surface area contributed by atoms with Crippen LogP contribution in [-0.2, 0) is 19.8 Å². The van der Waals surface area contributed by atoms with Crippen LogP contribution in [0.15, 0.2) is 71.4 Å². The van der Waals surface area contributed by atoms with Gasteiger partial charge in [-0.25, -0.2) is 4.98 Å². The summed E-state index contributed by atoms with van der Waals surface area (Å²) in [6.45, 7) is 7.46. The fourth-order valence-electron chi connectivity index (χ4n) is 5.61. The molecule has 0 amide bonds. The Morgan fingerprint density at radius 3 is 2.60 bits per heavy atom. The third-order valence-corrected chi connectivity index (χ3v) is 8.21. The number of aryl methyl sites for hydroxylation is 1. The lowest BCUT2D eigenvalue weighted by Gasteiger charge is -2.27. The fraction of sp³-hybridized carbons (Fsp3) is 0.286. The van der Waals surface area contributed by atoms with Crippen molar-refractivity contribution in [2.24, 2.45) is 0 Å². The number of hydrogen-bond acceptors (Lipinski definition) is 7. The van der Waals surface area contributed by atoms with Crippen molar-refractivity contribution in [3.05, 3.63) is 106 Å². The molecule has 0 atom stereocenters. The normalized spacial score (nSPS) is 13.6. The zero-order valence-electron chi connectivity index (χ0n) is 24.4. The van der Waals surface area contributed by atoms with Gasteiger partial charge >= 0.3 is 0 Å². The number of benzene rings is 3. The van der Waals surface area contributed by atoms with E-state index in [1.807, 2.05) is 31.2 Å². The van der Waals surface area contributed by atoms with Gasteiger partial charge in [0.05, 0.1) is 10.6 Å². The zero-order valence-corrected chi connectivity index (χ0v) is 25.2. The third kappa shape index (κ3) is 6.67. The fourth-order valence-corrected chi connectivity index (χ4v) is 5.85. The van der Waals surface area contributed by atoms with Crippen molar-refractivity contribution in [2.75, 3.05) is 13.1 Å². The van der Waals surface area contributed by atoms with Crippen LogP contribution < -0.4 is 9.47 Å². The van der Waals surface area contributed by atoms with E-state index in [0.29, 0.717) is 34.6 Å². The van der Waals surface area contributed by atoms with Crippen molar-refractivity contribution in [1.82, 2.24) is 14.9 Å². The van der Waals surface area contributed by atoms with Gasteiger partial charge in [0.1, 0.15) is 36.3 Å². The lowest BCUT2D eigenvalue weighted by Crippen LogP contribution is -2.29. The lowest BCUT2D eigenvalue weighted by atomic mass is 9.96. The number of pyridine rings is 1. The van der Waals surface area contributed by atoms with E-state index in [2.05, 4.69) is 52.1 Å². The van der Waals surface area contributed by atoms with Gasteiger partial charge in [-0.05, 0) is 79.4 Å². The van der Waals surface area contributed by atoms with Crippen molar-refractivity contribution < 1.29 is 13.9 Å². The van der Waals surface area contributed by atoms with E-state index < -0.39 is 0 Å². The van der Waals surface area contributed by atoms with Gasteiger partial charge in [-0.2, -0.15) is 5.26 Å². The molecule has 8 heteroatoms. The number of ether oxygens (including phenoxy) is 2. The largest absolute Gasteiger partial charge is 0.488 e. The SMILES string of the molecule is Cc1nc2cc(-c3cccc(COc4cc(OCc5cncc(C#N)c5)c(CN5CCCCC5)cc4Cl)c3C)ccc2o1. The number of nitrogens with zero attached hydrogens (tertiary/aromatic N) is 4. The van der Waals surface area contributed by atoms with Crippen molar-refractivity contribution >= 4 is 22.7 Å². The Morgan fingerprint density at radius 1 is 0.930 bits per heavy atom. The molecule has 0 unspecified atom stereocenters. The Hall–Kier alpha value is -4.38. The molecule has 0 spiro atoms. The van der Waals surface area contributed by atoms with Crippen LogP contribution in [0.25, 0.3) is 22.2 Å². The molecule has 0 aliphatic carbocycles. The third-order valence-electron chi connectivity index (χ3n) is 7.91. The number of hydrogen-bond donors (Lipinski definition) is 0. The minimum Gasteiger partial charge on any atom is -0.488 e. The number of piperidine rings is 1. The van der Waals surface area contributed by atoms with E-state index in [1.165, 1.54) is 19.3 Å². The van der Waals surface area contributed by atoms with Gasteiger partial charge in [-0.1, -0.05) is 42.3 Å². The maximum atomic E-state index is 9.26. The number of oxazole rings is 1. The van der Waals surface area contributed by atoms with Gasteiger partial charge in [0.25, 0.3) is 0 Å². The van der Waals surface area contributed by atoms with E-state index in [1.54, 1.807) is 18.5 Å². The molecule has 0 N–H and O–H groups in total. The van der Waals surface area contributed by atoms with Gasteiger partial charge < -0.3 is 13.9 Å². The van der Waals surface area contributed by atoms with Crippen molar-refractivity contribution in [3.63, 3.8) is 0 Å². The number of fused-ring (bicyclic) bond motifs is 1. The monoisotopic (exact) mass is 592 g/mol. The molecular weight excluding hydrogens is 560 g/mol. The molecule has 6 rings (SSSR count). The quantitative estimate of drug-likeness (QED) is 0.171. The van der Waals surface area contributed by atoms with Crippen LogP contribution in [0.5, 0.6) is 11.5 Å². The molecule has 3 aromatic carbocycles. The van der Waals surface area contributed by atoms with Crippen LogP contribution in [0.1, 0.15) is 53.0 Å². The molecule has 0 radical (unpaired) electrons. The predicted molar refractivity (Wildman–Crippen MR) is 167 cm³/mol. The standard InChI is InChI=1S/C35H33ClN4O3/c1-23-28(7-6-8-30(23)27-9-10-33-32(15-27)39-24(2)43-33)22-42-35-16-34(41-21-26-13-25(17-37)18-38-19-26)29(14-31(35)36)20-40-11-4-3-5-12-40/h6-10,13-16,18-19H,3-5,11-12,20-22H2,1-2H3. The van der Waals surface area contributed by atoms with E-state index in [9.17, 15) is 5.26 Å². The lowest BCUT2D eigenvalue weighted by molar-refractivity contribution is 0.214. The van der Waals surface area contributed by atoms with Crippen LogP contribution in [0.2, 0.25) is 5.02 Å². The van der Waals surface area contributed by atoms with Gasteiger partial charge in [0, 0.05) is 43.1 Å². The zero-order chi connectivity index (χ0) is 29.8. The van der Waals surface area contributed by atoms with Gasteiger partial charge in [-0.3, -0.25) is 9.88 Å². The summed E-state index contributed by atoms with van der Waals surface area (Å²) in [4.78, 5) is 11.1. The highest BCUT2D eigenvalue weighted by molar-refractivity contribution is 6.32. The van der Waals surface area contributed by atoms with E-state index in [-0.39, 0.29) is 6.61 Å². The Balaban J connectivity index is 1.24. The molecule has 7 nitrogen and oxygen atoms in total.